The molecule has 0 radical (unpaired) electrons. The zero-order valence-electron chi connectivity index (χ0n) is 10.4. The zero-order valence-corrected chi connectivity index (χ0v) is 12.0. The fourth-order valence-corrected chi connectivity index (χ4v) is 2.27. The fourth-order valence-electron chi connectivity index (χ4n) is 1.77. The summed E-state index contributed by atoms with van der Waals surface area (Å²) >= 11 is 3.31. The van der Waals surface area contributed by atoms with Crippen LogP contribution in [-0.2, 0) is 4.79 Å². The molecule has 0 aromatic heterocycles. The molecule has 0 aliphatic rings. The molecule has 1 amide bonds. The number of halogens is 1. The van der Waals surface area contributed by atoms with Crippen LogP contribution in [0, 0.1) is 0 Å². The Bertz CT molecular complexity index is 564. The molecule has 0 fully saturated rings. The van der Waals surface area contributed by atoms with Crippen LogP contribution in [-0.4, -0.2) is 11.0 Å². The van der Waals surface area contributed by atoms with E-state index in [9.17, 15) is 9.90 Å². The Balaban J connectivity index is 2.15. The molecular formula is C15H14BrNO2. The van der Waals surface area contributed by atoms with Crippen molar-refractivity contribution in [1.29, 1.82) is 0 Å². The van der Waals surface area contributed by atoms with E-state index in [2.05, 4.69) is 21.2 Å². The van der Waals surface area contributed by atoms with E-state index in [4.69, 9.17) is 0 Å². The first-order valence-corrected chi connectivity index (χ1v) is 6.71. The van der Waals surface area contributed by atoms with Gasteiger partial charge in [0.15, 0.2) is 0 Å². The molecule has 1 unspecified atom stereocenters. The number of rotatable bonds is 3. The number of carbonyl (C=O) groups excluding carboxylic acids is 1. The molecule has 2 rings (SSSR count). The summed E-state index contributed by atoms with van der Waals surface area (Å²) in [6.45, 7) is 1.81. The SMILES string of the molecule is CC(C(=O)Nc1ccccc1)c1cc(O)cc(Br)c1. The van der Waals surface area contributed by atoms with Crippen LogP contribution in [0.1, 0.15) is 18.4 Å². The molecule has 0 spiro atoms. The Labute approximate surface area is 120 Å². The normalized spacial score (nSPS) is 11.9. The van der Waals surface area contributed by atoms with Crippen molar-refractivity contribution in [1.82, 2.24) is 0 Å². The lowest BCUT2D eigenvalue weighted by Crippen LogP contribution is -2.18. The molecule has 0 heterocycles. The minimum Gasteiger partial charge on any atom is -0.508 e. The molecule has 0 saturated carbocycles. The van der Waals surface area contributed by atoms with E-state index in [-0.39, 0.29) is 17.6 Å². The lowest BCUT2D eigenvalue weighted by molar-refractivity contribution is -0.117. The minimum atomic E-state index is -0.344. The fraction of sp³-hybridized carbons (Fsp3) is 0.133. The van der Waals surface area contributed by atoms with Crippen molar-refractivity contribution in [2.75, 3.05) is 5.32 Å². The quantitative estimate of drug-likeness (QED) is 0.901. The van der Waals surface area contributed by atoms with Gasteiger partial charge in [-0.15, -0.1) is 0 Å². The second-order valence-electron chi connectivity index (χ2n) is 4.32. The van der Waals surface area contributed by atoms with E-state index in [1.807, 2.05) is 36.4 Å². The predicted molar refractivity (Wildman–Crippen MR) is 79.3 cm³/mol. The Kier molecular flexibility index (Phi) is 4.22. The number of aromatic hydroxyl groups is 1. The molecule has 2 aromatic carbocycles. The van der Waals surface area contributed by atoms with E-state index in [1.165, 1.54) is 0 Å². The van der Waals surface area contributed by atoms with Crippen molar-refractivity contribution >= 4 is 27.5 Å². The van der Waals surface area contributed by atoms with Crippen LogP contribution in [0.15, 0.2) is 53.0 Å². The molecule has 19 heavy (non-hydrogen) atoms. The highest BCUT2D eigenvalue weighted by atomic mass is 79.9. The Morgan fingerprint density at radius 3 is 2.53 bits per heavy atom. The van der Waals surface area contributed by atoms with Crippen molar-refractivity contribution < 1.29 is 9.90 Å². The number of phenolic OH excluding ortho intramolecular Hbond substituents is 1. The molecule has 0 aliphatic heterocycles. The molecule has 0 bridgehead atoms. The summed E-state index contributed by atoms with van der Waals surface area (Å²) in [6.07, 6.45) is 0. The van der Waals surface area contributed by atoms with Crippen LogP contribution in [0.2, 0.25) is 0 Å². The van der Waals surface area contributed by atoms with Gasteiger partial charge < -0.3 is 10.4 Å². The van der Waals surface area contributed by atoms with E-state index in [0.29, 0.717) is 0 Å². The highest BCUT2D eigenvalue weighted by molar-refractivity contribution is 9.10. The molecule has 2 aromatic rings. The number of anilines is 1. The Morgan fingerprint density at radius 1 is 1.21 bits per heavy atom. The standard InChI is InChI=1S/C15H14BrNO2/c1-10(11-7-12(16)9-14(18)8-11)15(19)17-13-5-3-2-4-6-13/h2-10,18H,1H3,(H,17,19). The monoisotopic (exact) mass is 319 g/mol. The van der Waals surface area contributed by atoms with Gasteiger partial charge >= 0.3 is 0 Å². The molecule has 3 nitrogen and oxygen atoms in total. The molecule has 4 heteroatoms. The van der Waals surface area contributed by atoms with E-state index in [1.54, 1.807) is 19.1 Å². The number of hydrogen-bond donors (Lipinski definition) is 2. The summed E-state index contributed by atoms with van der Waals surface area (Å²) in [5, 5.41) is 12.4. The maximum Gasteiger partial charge on any atom is 0.231 e. The summed E-state index contributed by atoms with van der Waals surface area (Å²) in [6, 6.07) is 14.3. The van der Waals surface area contributed by atoms with Gasteiger partial charge in [0.1, 0.15) is 5.75 Å². The molecule has 98 valence electrons. The third-order valence-electron chi connectivity index (χ3n) is 2.84. The predicted octanol–water partition coefficient (Wildman–Crippen LogP) is 3.90. The highest BCUT2D eigenvalue weighted by Crippen LogP contribution is 2.26. The van der Waals surface area contributed by atoms with Crippen molar-refractivity contribution in [2.24, 2.45) is 0 Å². The van der Waals surface area contributed by atoms with Crippen molar-refractivity contribution in [3.8, 4) is 5.75 Å². The topological polar surface area (TPSA) is 49.3 Å². The summed E-state index contributed by atoms with van der Waals surface area (Å²) < 4.78 is 0.752. The number of carbonyl (C=O) groups is 1. The minimum absolute atomic E-state index is 0.108. The Morgan fingerprint density at radius 2 is 1.89 bits per heavy atom. The van der Waals surface area contributed by atoms with Gasteiger partial charge in [-0.05, 0) is 42.8 Å². The van der Waals surface area contributed by atoms with Gasteiger partial charge in [0.05, 0.1) is 5.92 Å². The first kappa shape index (κ1) is 13.6. The number of benzene rings is 2. The average Bonchev–Trinajstić information content (AvgIpc) is 2.37. The molecule has 1 atom stereocenters. The third kappa shape index (κ3) is 3.58. The van der Waals surface area contributed by atoms with Gasteiger partial charge in [0.2, 0.25) is 5.91 Å². The molecule has 0 aliphatic carbocycles. The first-order valence-electron chi connectivity index (χ1n) is 5.91. The maximum absolute atomic E-state index is 12.1. The van der Waals surface area contributed by atoms with Crippen molar-refractivity contribution in [3.63, 3.8) is 0 Å². The lowest BCUT2D eigenvalue weighted by Gasteiger charge is -2.13. The largest absolute Gasteiger partial charge is 0.508 e. The van der Waals surface area contributed by atoms with Gasteiger partial charge in [-0.2, -0.15) is 0 Å². The van der Waals surface area contributed by atoms with Gasteiger partial charge in [0, 0.05) is 10.2 Å². The van der Waals surface area contributed by atoms with Crippen LogP contribution in [0.4, 0.5) is 5.69 Å². The van der Waals surface area contributed by atoms with Crippen LogP contribution in [0.25, 0.3) is 0 Å². The third-order valence-corrected chi connectivity index (χ3v) is 3.30. The van der Waals surface area contributed by atoms with Gasteiger partial charge in [0.25, 0.3) is 0 Å². The van der Waals surface area contributed by atoms with E-state index in [0.717, 1.165) is 15.7 Å². The van der Waals surface area contributed by atoms with E-state index >= 15 is 0 Å². The second kappa shape index (κ2) is 5.89. The summed E-state index contributed by atoms with van der Waals surface area (Å²) in [5.74, 6) is -0.309. The lowest BCUT2D eigenvalue weighted by atomic mass is 10.00. The summed E-state index contributed by atoms with van der Waals surface area (Å²) in [7, 11) is 0. The highest BCUT2D eigenvalue weighted by Gasteiger charge is 2.16. The maximum atomic E-state index is 12.1. The number of hydrogen-bond acceptors (Lipinski definition) is 2. The molecular weight excluding hydrogens is 306 g/mol. The van der Waals surface area contributed by atoms with Crippen LogP contribution in [0.3, 0.4) is 0 Å². The Hall–Kier alpha value is -1.81. The second-order valence-corrected chi connectivity index (χ2v) is 5.24. The van der Waals surface area contributed by atoms with Gasteiger partial charge in [-0.25, -0.2) is 0 Å². The van der Waals surface area contributed by atoms with Gasteiger partial charge in [-0.1, -0.05) is 34.1 Å². The van der Waals surface area contributed by atoms with Gasteiger partial charge in [-0.3, -0.25) is 4.79 Å². The molecule has 2 N–H and O–H groups in total. The zero-order chi connectivity index (χ0) is 13.8. The summed E-state index contributed by atoms with van der Waals surface area (Å²) in [5.41, 5.74) is 1.53. The van der Waals surface area contributed by atoms with Crippen LogP contribution in [0.5, 0.6) is 5.75 Å². The number of amides is 1. The summed E-state index contributed by atoms with van der Waals surface area (Å²) in [4.78, 5) is 12.1. The number of nitrogens with one attached hydrogen (secondary N) is 1. The molecule has 0 saturated heterocycles. The van der Waals surface area contributed by atoms with Crippen LogP contribution < -0.4 is 5.32 Å². The number of para-hydroxylation sites is 1. The van der Waals surface area contributed by atoms with Crippen LogP contribution >= 0.6 is 15.9 Å². The van der Waals surface area contributed by atoms with Crippen molar-refractivity contribution in [3.05, 3.63) is 58.6 Å². The van der Waals surface area contributed by atoms with Crippen molar-refractivity contribution in [2.45, 2.75) is 12.8 Å². The first-order chi connectivity index (χ1) is 9.06. The average molecular weight is 320 g/mol. The smallest absolute Gasteiger partial charge is 0.231 e. The van der Waals surface area contributed by atoms with E-state index < -0.39 is 0 Å². The number of phenols is 1.